The minimum atomic E-state index is 0.0120. The van der Waals surface area contributed by atoms with Crippen LogP contribution >= 0.6 is 23.2 Å². The van der Waals surface area contributed by atoms with Gasteiger partial charge in [0.15, 0.2) is 0 Å². The first kappa shape index (κ1) is 20.7. The molecular weight excluding hydrogens is 417 g/mol. The quantitative estimate of drug-likeness (QED) is 0.598. The van der Waals surface area contributed by atoms with Crippen LogP contribution in [0.1, 0.15) is 36.0 Å². The molecule has 154 valence electrons. The Labute approximate surface area is 186 Å². The number of fused-ring (bicyclic) bond motifs is 1. The fraction of sp³-hybridized carbons (Fsp3) is 0.250. The molecule has 0 fully saturated rings. The molecule has 0 bridgehead atoms. The van der Waals surface area contributed by atoms with E-state index in [1.807, 2.05) is 23.1 Å². The first-order valence-electron chi connectivity index (χ1n) is 10.0. The lowest BCUT2D eigenvalue weighted by atomic mass is 10.0. The SMILES string of the molecule is C=C1CCc2cc(/C=C/C(=O)N3CCC=C(c4cc(Cl)cc(Cl)c4)CC3)cnc2N1. The first-order chi connectivity index (χ1) is 14.5. The van der Waals surface area contributed by atoms with Crippen molar-refractivity contribution in [3.05, 3.63) is 81.6 Å². The highest BCUT2D eigenvalue weighted by atomic mass is 35.5. The zero-order valence-corrected chi connectivity index (χ0v) is 18.1. The molecule has 0 atom stereocenters. The smallest absolute Gasteiger partial charge is 0.246 e. The number of nitrogens with one attached hydrogen (secondary N) is 1. The standard InChI is InChI=1S/C24H23Cl2N3O/c1-16-4-6-19-11-17(15-27-24(19)28-16)5-7-23(30)29-9-2-3-18(8-10-29)20-12-21(25)14-22(26)13-20/h3,5,7,11-15H,1-2,4,6,8-10H2,(H,27,28)/b7-5+. The predicted molar refractivity (Wildman–Crippen MR) is 125 cm³/mol. The lowest BCUT2D eigenvalue weighted by Gasteiger charge is -2.19. The van der Waals surface area contributed by atoms with E-state index in [1.165, 1.54) is 5.57 Å². The van der Waals surface area contributed by atoms with Gasteiger partial charge in [-0.15, -0.1) is 0 Å². The Kier molecular flexibility index (Phi) is 6.26. The number of rotatable bonds is 3. The number of allylic oxidation sites excluding steroid dienone is 1. The molecule has 6 heteroatoms. The number of benzene rings is 1. The summed E-state index contributed by atoms with van der Waals surface area (Å²) in [4.78, 5) is 19.1. The minimum absolute atomic E-state index is 0.0120. The topological polar surface area (TPSA) is 45.2 Å². The van der Waals surface area contributed by atoms with Gasteiger partial charge in [0.05, 0.1) is 0 Å². The molecule has 1 aromatic heterocycles. The Morgan fingerprint density at radius 2 is 1.90 bits per heavy atom. The molecule has 1 N–H and O–H groups in total. The summed E-state index contributed by atoms with van der Waals surface area (Å²) in [6.07, 6.45) is 10.8. The van der Waals surface area contributed by atoms with Crippen LogP contribution in [0.25, 0.3) is 11.6 Å². The van der Waals surface area contributed by atoms with Crippen LogP contribution in [0.3, 0.4) is 0 Å². The van der Waals surface area contributed by atoms with Gasteiger partial charge in [0, 0.05) is 41.1 Å². The fourth-order valence-electron chi connectivity index (χ4n) is 3.80. The van der Waals surface area contributed by atoms with Gasteiger partial charge in [-0.2, -0.15) is 0 Å². The number of amides is 1. The maximum atomic E-state index is 12.7. The number of hydrogen-bond donors (Lipinski definition) is 1. The molecule has 0 saturated carbocycles. The van der Waals surface area contributed by atoms with Crippen molar-refractivity contribution in [3.63, 3.8) is 0 Å². The molecule has 1 aromatic carbocycles. The van der Waals surface area contributed by atoms with Crippen LogP contribution in [0.5, 0.6) is 0 Å². The van der Waals surface area contributed by atoms with Crippen LogP contribution in [0.4, 0.5) is 5.82 Å². The van der Waals surface area contributed by atoms with Crippen molar-refractivity contribution < 1.29 is 4.79 Å². The molecular formula is C24H23Cl2N3O. The second-order valence-electron chi connectivity index (χ2n) is 7.59. The second-order valence-corrected chi connectivity index (χ2v) is 8.46. The number of aromatic nitrogens is 1. The van der Waals surface area contributed by atoms with Gasteiger partial charge in [0.25, 0.3) is 0 Å². The number of pyridine rings is 1. The molecule has 4 nitrogen and oxygen atoms in total. The third kappa shape index (κ3) is 4.94. The number of carbonyl (C=O) groups is 1. The molecule has 1 amide bonds. The molecule has 0 aliphatic carbocycles. The molecule has 2 aromatic rings. The maximum absolute atomic E-state index is 12.7. The van der Waals surface area contributed by atoms with E-state index in [9.17, 15) is 4.79 Å². The van der Waals surface area contributed by atoms with Gasteiger partial charge in [-0.05, 0) is 78.3 Å². The molecule has 2 aliphatic rings. The summed E-state index contributed by atoms with van der Waals surface area (Å²) in [6.45, 7) is 5.31. The number of aryl methyl sites for hydroxylation is 1. The van der Waals surface area contributed by atoms with E-state index in [1.54, 1.807) is 18.3 Å². The molecule has 3 heterocycles. The summed E-state index contributed by atoms with van der Waals surface area (Å²) < 4.78 is 0. The zero-order valence-electron chi connectivity index (χ0n) is 16.6. The highest BCUT2D eigenvalue weighted by molar-refractivity contribution is 6.34. The van der Waals surface area contributed by atoms with E-state index in [4.69, 9.17) is 23.2 Å². The van der Waals surface area contributed by atoms with E-state index < -0.39 is 0 Å². The Morgan fingerprint density at radius 3 is 2.70 bits per heavy atom. The van der Waals surface area contributed by atoms with Crippen LogP contribution in [0, 0.1) is 0 Å². The Hall–Kier alpha value is -2.56. The molecule has 2 aliphatic heterocycles. The average molecular weight is 440 g/mol. The normalized spacial score (nSPS) is 16.7. The number of nitrogens with zero attached hydrogens (tertiary/aromatic N) is 2. The van der Waals surface area contributed by atoms with Gasteiger partial charge in [-0.25, -0.2) is 4.98 Å². The van der Waals surface area contributed by atoms with Crippen molar-refractivity contribution in [1.82, 2.24) is 9.88 Å². The van der Waals surface area contributed by atoms with Crippen LogP contribution in [-0.4, -0.2) is 28.9 Å². The largest absolute Gasteiger partial charge is 0.344 e. The highest BCUT2D eigenvalue weighted by Gasteiger charge is 2.16. The molecule has 4 rings (SSSR count). The van der Waals surface area contributed by atoms with E-state index in [-0.39, 0.29) is 5.91 Å². The Balaban J connectivity index is 1.40. The highest BCUT2D eigenvalue weighted by Crippen LogP contribution is 2.28. The summed E-state index contributed by atoms with van der Waals surface area (Å²) >= 11 is 12.3. The van der Waals surface area contributed by atoms with Crippen molar-refractivity contribution in [2.45, 2.75) is 25.7 Å². The van der Waals surface area contributed by atoms with Crippen molar-refractivity contribution >= 4 is 46.6 Å². The van der Waals surface area contributed by atoms with Gasteiger partial charge < -0.3 is 10.2 Å². The number of anilines is 1. The van der Waals surface area contributed by atoms with Crippen molar-refractivity contribution in [1.29, 1.82) is 0 Å². The number of hydrogen-bond acceptors (Lipinski definition) is 3. The molecule has 0 saturated heterocycles. The van der Waals surface area contributed by atoms with Crippen LogP contribution in [0.2, 0.25) is 10.0 Å². The van der Waals surface area contributed by atoms with Gasteiger partial charge in [-0.3, -0.25) is 4.79 Å². The third-order valence-corrected chi connectivity index (χ3v) is 5.82. The van der Waals surface area contributed by atoms with E-state index in [2.05, 4.69) is 29.0 Å². The summed E-state index contributed by atoms with van der Waals surface area (Å²) in [5.41, 5.74) is 5.27. The Morgan fingerprint density at radius 1 is 1.10 bits per heavy atom. The van der Waals surface area contributed by atoms with Crippen molar-refractivity contribution in [3.8, 4) is 0 Å². The van der Waals surface area contributed by atoms with E-state index in [0.29, 0.717) is 23.1 Å². The number of halogens is 2. The van der Waals surface area contributed by atoms with Gasteiger partial charge in [0.2, 0.25) is 5.91 Å². The van der Waals surface area contributed by atoms with Gasteiger partial charge in [-0.1, -0.05) is 35.9 Å². The second kappa shape index (κ2) is 9.07. The minimum Gasteiger partial charge on any atom is -0.344 e. The fourth-order valence-corrected chi connectivity index (χ4v) is 4.32. The van der Waals surface area contributed by atoms with Crippen LogP contribution in [-0.2, 0) is 11.2 Å². The van der Waals surface area contributed by atoms with Gasteiger partial charge in [0.1, 0.15) is 5.82 Å². The summed E-state index contributed by atoms with van der Waals surface area (Å²) in [5.74, 6) is 0.875. The number of carbonyl (C=O) groups excluding carboxylic acids is 1. The lowest BCUT2D eigenvalue weighted by molar-refractivity contribution is -0.125. The van der Waals surface area contributed by atoms with E-state index >= 15 is 0 Å². The summed E-state index contributed by atoms with van der Waals surface area (Å²) in [5, 5.41) is 4.45. The summed E-state index contributed by atoms with van der Waals surface area (Å²) in [6, 6.07) is 7.65. The summed E-state index contributed by atoms with van der Waals surface area (Å²) in [7, 11) is 0. The molecule has 0 spiro atoms. The van der Waals surface area contributed by atoms with Crippen molar-refractivity contribution in [2.24, 2.45) is 0 Å². The third-order valence-electron chi connectivity index (χ3n) is 5.38. The lowest BCUT2D eigenvalue weighted by Crippen LogP contribution is -2.30. The van der Waals surface area contributed by atoms with Crippen molar-refractivity contribution in [2.75, 3.05) is 18.4 Å². The molecule has 30 heavy (non-hydrogen) atoms. The van der Waals surface area contributed by atoms with Crippen LogP contribution < -0.4 is 5.32 Å². The first-order valence-corrected chi connectivity index (χ1v) is 10.8. The van der Waals surface area contributed by atoms with Gasteiger partial charge >= 0.3 is 0 Å². The Bertz CT molecular complexity index is 1040. The average Bonchev–Trinajstić information content (AvgIpc) is 2.97. The van der Waals surface area contributed by atoms with Crippen LogP contribution in [0.15, 0.2) is 54.9 Å². The zero-order chi connectivity index (χ0) is 21.1. The predicted octanol–water partition coefficient (Wildman–Crippen LogP) is 5.98. The maximum Gasteiger partial charge on any atom is 0.246 e. The monoisotopic (exact) mass is 439 g/mol. The van der Waals surface area contributed by atoms with E-state index in [0.717, 1.165) is 53.9 Å². The molecule has 0 unspecified atom stereocenters. The molecule has 0 radical (unpaired) electrons.